The molecule has 6 heteroatoms. The maximum Gasteiger partial charge on any atom is 0.338 e. The van der Waals surface area contributed by atoms with E-state index < -0.39 is 0 Å². The van der Waals surface area contributed by atoms with Gasteiger partial charge in [-0.2, -0.15) is 0 Å². The van der Waals surface area contributed by atoms with Crippen LogP contribution in [0, 0.1) is 5.92 Å². The average Bonchev–Trinajstić information content (AvgIpc) is 2.69. The van der Waals surface area contributed by atoms with E-state index in [2.05, 4.69) is 27.4 Å². The van der Waals surface area contributed by atoms with Crippen molar-refractivity contribution in [3.8, 4) is 0 Å². The molecule has 1 aromatic carbocycles. The molecule has 0 aliphatic carbocycles. The van der Waals surface area contributed by atoms with Gasteiger partial charge in [0.2, 0.25) is 0 Å². The van der Waals surface area contributed by atoms with Crippen LogP contribution < -0.4 is 10.6 Å². The molecule has 150 valence electrons. The molecule has 1 aromatic rings. The molecular weight excluding hydrogens is 340 g/mol. The lowest BCUT2D eigenvalue weighted by molar-refractivity contribution is 0.0526. The number of benzene rings is 1. The van der Waals surface area contributed by atoms with Gasteiger partial charge < -0.3 is 20.3 Å². The third kappa shape index (κ3) is 7.59. The van der Waals surface area contributed by atoms with E-state index in [1.807, 2.05) is 19.1 Å². The normalized spacial score (nSPS) is 16.2. The molecule has 1 fully saturated rings. The summed E-state index contributed by atoms with van der Waals surface area (Å²) in [5, 5.41) is 6.69. The zero-order valence-electron chi connectivity index (χ0n) is 17.0. The van der Waals surface area contributed by atoms with E-state index in [0.717, 1.165) is 37.0 Å². The summed E-state index contributed by atoms with van der Waals surface area (Å²) < 4.78 is 5.00. The highest BCUT2D eigenvalue weighted by Crippen LogP contribution is 2.15. The lowest BCUT2D eigenvalue weighted by atomic mass is 9.99. The molecule has 0 bridgehead atoms. The van der Waals surface area contributed by atoms with Crippen LogP contribution >= 0.6 is 0 Å². The molecule has 0 radical (unpaired) electrons. The quantitative estimate of drug-likeness (QED) is 0.317. The fraction of sp³-hybridized carbons (Fsp3) is 0.619. The molecule has 1 aliphatic rings. The maximum absolute atomic E-state index is 11.7. The molecule has 2 N–H and O–H groups in total. The SMILES string of the molecule is CCOC(=O)c1ccc(CNC(=NC)NCCCN2CCC(C)CC2)cc1. The van der Waals surface area contributed by atoms with Crippen LogP contribution in [0.25, 0.3) is 0 Å². The Kier molecular flexibility index (Phi) is 9.11. The van der Waals surface area contributed by atoms with E-state index in [9.17, 15) is 4.79 Å². The number of esters is 1. The number of guanidine groups is 1. The topological polar surface area (TPSA) is 66.0 Å². The molecule has 1 aliphatic heterocycles. The van der Waals surface area contributed by atoms with Gasteiger partial charge in [-0.3, -0.25) is 4.99 Å². The molecule has 2 rings (SSSR count). The van der Waals surface area contributed by atoms with Crippen LogP contribution in [-0.2, 0) is 11.3 Å². The number of carbonyl (C=O) groups is 1. The Labute approximate surface area is 163 Å². The fourth-order valence-corrected chi connectivity index (χ4v) is 3.17. The van der Waals surface area contributed by atoms with Gasteiger partial charge in [-0.1, -0.05) is 19.1 Å². The minimum Gasteiger partial charge on any atom is -0.462 e. The van der Waals surface area contributed by atoms with Crippen molar-refractivity contribution >= 4 is 11.9 Å². The van der Waals surface area contributed by atoms with Crippen molar-refractivity contribution in [2.45, 2.75) is 39.7 Å². The summed E-state index contributed by atoms with van der Waals surface area (Å²) in [7, 11) is 1.78. The minimum absolute atomic E-state index is 0.280. The molecule has 0 atom stereocenters. The average molecular weight is 375 g/mol. The highest BCUT2D eigenvalue weighted by atomic mass is 16.5. The van der Waals surface area contributed by atoms with Gasteiger partial charge in [-0.05, 0) is 69.4 Å². The fourth-order valence-electron chi connectivity index (χ4n) is 3.17. The molecule has 0 unspecified atom stereocenters. The van der Waals surface area contributed by atoms with Gasteiger partial charge in [-0.15, -0.1) is 0 Å². The summed E-state index contributed by atoms with van der Waals surface area (Å²) in [6.45, 7) is 9.72. The van der Waals surface area contributed by atoms with Crippen LogP contribution in [0.15, 0.2) is 29.3 Å². The number of ether oxygens (including phenoxy) is 1. The molecule has 1 saturated heterocycles. The second-order valence-corrected chi connectivity index (χ2v) is 7.15. The number of likely N-dealkylation sites (tertiary alicyclic amines) is 1. The van der Waals surface area contributed by atoms with Crippen molar-refractivity contribution in [2.24, 2.45) is 10.9 Å². The Morgan fingerprint density at radius 1 is 1.22 bits per heavy atom. The van der Waals surface area contributed by atoms with Crippen LogP contribution in [0.3, 0.4) is 0 Å². The summed E-state index contributed by atoms with van der Waals surface area (Å²) in [4.78, 5) is 18.5. The van der Waals surface area contributed by atoms with Crippen molar-refractivity contribution < 1.29 is 9.53 Å². The van der Waals surface area contributed by atoms with Gasteiger partial charge in [-0.25, -0.2) is 4.79 Å². The lowest BCUT2D eigenvalue weighted by Gasteiger charge is -2.30. The van der Waals surface area contributed by atoms with E-state index in [1.54, 1.807) is 19.2 Å². The van der Waals surface area contributed by atoms with E-state index in [-0.39, 0.29) is 5.97 Å². The van der Waals surface area contributed by atoms with E-state index in [0.29, 0.717) is 18.7 Å². The monoisotopic (exact) mass is 374 g/mol. The second-order valence-electron chi connectivity index (χ2n) is 7.15. The van der Waals surface area contributed by atoms with E-state index >= 15 is 0 Å². The molecule has 0 aromatic heterocycles. The van der Waals surface area contributed by atoms with Crippen molar-refractivity contribution in [1.82, 2.24) is 15.5 Å². The van der Waals surface area contributed by atoms with E-state index in [1.165, 1.54) is 25.9 Å². The first-order valence-electron chi connectivity index (χ1n) is 10.0. The van der Waals surface area contributed by atoms with Crippen LogP contribution in [0.4, 0.5) is 0 Å². The predicted molar refractivity (Wildman–Crippen MR) is 110 cm³/mol. The first-order chi connectivity index (χ1) is 13.1. The standard InChI is InChI=1S/C21H34N4O2/c1-4-27-20(26)19-8-6-18(7-9-19)16-24-21(22-3)23-12-5-13-25-14-10-17(2)11-15-25/h6-9,17H,4-5,10-16H2,1-3H3,(H2,22,23,24). The third-order valence-corrected chi connectivity index (χ3v) is 4.97. The number of aliphatic imine (C=N–C) groups is 1. The summed E-state index contributed by atoms with van der Waals surface area (Å²) in [6, 6.07) is 7.46. The van der Waals surface area contributed by atoms with Gasteiger partial charge in [0.15, 0.2) is 5.96 Å². The van der Waals surface area contributed by atoms with Gasteiger partial charge >= 0.3 is 5.97 Å². The van der Waals surface area contributed by atoms with E-state index in [4.69, 9.17) is 4.74 Å². The number of carbonyl (C=O) groups excluding carboxylic acids is 1. The zero-order chi connectivity index (χ0) is 19.5. The lowest BCUT2D eigenvalue weighted by Crippen LogP contribution is -2.39. The summed E-state index contributed by atoms with van der Waals surface area (Å²) in [5.41, 5.74) is 1.67. The van der Waals surface area contributed by atoms with Crippen LogP contribution in [0.2, 0.25) is 0 Å². The number of rotatable bonds is 8. The number of hydrogen-bond donors (Lipinski definition) is 2. The van der Waals surface area contributed by atoms with Gasteiger partial charge in [0.25, 0.3) is 0 Å². The molecule has 0 amide bonds. The molecule has 1 heterocycles. The van der Waals surface area contributed by atoms with Crippen LogP contribution in [-0.4, -0.2) is 56.7 Å². The van der Waals surface area contributed by atoms with Crippen molar-refractivity contribution in [3.63, 3.8) is 0 Å². The van der Waals surface area contributed by atoms with Crippen molar-refractivity contribution in [1.29, 1.82) is 0 Å². The molecular formula is C21H34N4O2. The number of nitrogens with one attached hydrogen (secondary N) is 2. The zero-order valence-corrected chi connectivity index (χ0v) is 17.0. The summed E-state index contributed by atoms with van der Waals surface area (Å²) in [5.74, 6) is 1.41. The van der Waals surface area contributed by atoms with Gasteiger partial charge in [0.05, 0.1) is 12.2 Å². The Hall–Kier alpha value is -2.08. The highest BCUT2D eigenvalue weighted by molar-refractivity contribution is 5.89. The first kappa shape index (κ1) is 21.2. The minimum atomic E-state index is -0.280. The van der Waals surface area contributed by atoms with Crippen LogP contribution in [0.5, 0.6) is 0 Å². The number of piperidine rings is 1. The molecule has 0 spiro atoms. The van der Waals surface area contributed by atoms with Crippen molar-refractivity contribution in [2.75, 3.05) is 39.8 Å². The maximum atomic E-state index is 11.7. The Bertz CT molecular complexity index is 593. The Balaban J connectivity index is 1.65. The largest absolute Gasteiger partial charge is 0.462 e. The predicted octanol–water partition coefficient (Wildman–Crippen LogP) is 2.65. The number of nitrogens with zero attached hydrogens (tertiary/aromatic N) is 2. The summed E-state index contributed by atoms with van der Waals surface area (Å²) in [6.07, 6.45) is 3.76. The van der Waals surface area contributed by atoms with Gasteiger partial charge in [0, 0.05) is 20.1 Å². The molecule has 0 saturated carbocycles. The Morgan fingerprint density at radius 3 is 2.56 bits per heavy atom. The van der Waals surface area contributed by atoms with Crippen LogP contribution in [0.1, 0.15) is 49.0 Å². The molecule has 6 nitrogen and oxygen atoms in total. The number of hydrogen-bond acceptors (Lipinski definition) is 4. The Morgan fingerprint density at radius 2 is 1.93 bits per heavy atom. The highest BCUT2D eigenvalue weighted by Gasteiger charge is 2.14. The second kappa shape index (κ2) is 11.6. The smallest absolute Gasteiger partial charge is 0.338 e. The summed E-state index contributed by atoms with van der Waals surface area (Å²) >= 11 is 0. The van der Waals surface area contributed by atoms with Gasteiger partial charge in [0.1, 0.15) is 0 Å². The molecule has 27 heavy (non-hydrogen) atoms. The first-order valence-corrected chi connectivity index (χ1v) is 10.0. The van der Waals surface area contributed by atoms with Crippen molar-refractivity contribution in [3.05, 3.63) is 35.4 Å². The third-order valence-electron chi connectivity index (χ3n) is 4.97.